The van der Waals surface area contributed by atoms with Crippen molar-refractivity contribution in [2.75, 3.05) is 18.6 Å². The molecule has 1 heterocycles. The number of aryl methyl sites for hydroxylation is 1. The van der Waals surface area contributed by atoms with Crippen molar-refractivity contribution in [2.45, 2.75) is 25.9 Å². The van der Waals surface area contributed by atoms with Crippen molar-refractivity contribution >= 4 is 21.4 Å². The fourth-order valence-electron chi connectivity index (χ4n) is 1.56. The molecule has 1 aromatic rings. The van der Waals surface area contributed by atoms with Gasteiger partial charge in [0.15, 0.2) is 0 Å². The first-order chi connectivity index (χ1) is 7.87. The molecule has 0 saturated carbocycles. The van der Waals surface area contributed by atoms with Crippen LogP contribution in [0, 0.1) is 0 Å². The van der Waals surface area contributed by atoms with E-state index in [9.17, 15) is 8.42 Å². The maximum Gasteiger partial charge on any atom is 0.148 e. The third-order valence-corrected chi connectivity index (χ3v) is 3.51. The van der Waals surface area contributed by atoms with Gasteiger partial charge in [-0.1, -0.05) is 11.6 Å². The van der Waals surface area contributed by atoms with E-state index in [1.54, 1.807) is 17.1 Å². The number of rotatable bonds is 7. The highest BCUT2D eigenvalue weighted by Crippen LogP contribution is 2.04. The van der Waals surface area contributed by atoms with Crippen LogP contribution >= 0.6 is 11.6 Å². The first kappa shape index (κ1) is 14.5. The van der Waals surface area contributed by atoms with Crippen LogP contribution in [-0.4, -0.2) is 42.8 Å². The number of hydrogen-bond acceptors (Lipinski definition) is 4. The van der Waals surface area contributed by atoms with E-state index in [2.05, 4.69) is 10.4 Å². The first-order valence-corrected chi connectivity index (χ1v) is 7.90. The third-order valence-electron chi connectivity index (χ3n) is 2.21. The summed E-state index contributed by atoms with van der Waals surface area (Å²) < 4.78 is 23.8. The zero-order valence-corrected chi connectivity index (χ0v) is 11.6. The molecule has 0 bridgehead atoms. The number of nitrogens with one attached hydrogen (secondary N) is 1. The molecule has 0 saturated heterocycles. The van der Waals surface area contributed by atoms with E-state index in [1.165, 1.54) is 6.26 Å². The topological polar surface area (TPSA) is 64.0 Å². The first-order valence-electron chi connectivity index (χ1n) is 5.46. The highest BCUT2D eigenvalue weighted by Gasteiger charge is 2.09. The fourth-order valence-corrected chi connectivity index (χ4v) is 2.75. The van der Waals surface area contributed by atoms with Gasteiger partial charge in [0.2, 0.25) is 0 Å². The Bertz CT molecular complexity index is 444. The second-order valence-corrected chi connectivity index (χ2v) is 6.84. The Balaban J connectivity index is 2.16. The summed E-state index contributed by atoms with van der Waals surface area (Å²) in [7, 11) is -2.91. The highest BCUT2D eigenvalue weighted by molar-refractivity contribution is 7.90. The molecule has 0 aliphatic carbocycles. The molecule has 0 aromatic carbocycles. The molecule has 0 spiro atoms. The Kier molecular flexibility index (Phi) is 5.42. The van der Waals surface area contributed by atoms with Gasteiger partial charge in [0.05, 0.1) is 17.0 Å². The average molecular weight is 280 g/mol. The zero-order valence-electron chi connectivity index (χ0n) is 10.1. The largest absolute Gasteiger partial charge is 0.313 e. The molecule has 0 radical (unpaired) electrons. The van der Waals surface area contributed by atoms with Gasteiger partial charge in [-0.05, 0) is 19.9 Å². The van der Waals surface area contributed by atoms with Crippen LogP contribution in [0.25, 0.3) is 0 Å². The predicted molar refractivity (Wildman–Crippen MR) is 69.0 cm³/mol. The average Bonchev–Trinajstić information content (AvgIpc) is 2.56. The van der Waals surface area contributed by atoms with Gasteiger partial charge < -0.3 is 5.32 Å². The van der Waals surface area contributed by atoms with Crippen LogP contribution in [0.3, 0.4) is 0 Å². The highest BCUT2D eigenvalue weighted by atomic mass is 35.5. The van der Waals surface area contributed by atoms with Gasteiger partial charge in [-0.15, -0.1) is 0 Å². The van der Waals surface area contributed by atoms with Crippen LogP contribution in [0.4, 0.5) is 0 Å². The maximum atomic E-state index is 11.0. The summed E-state index contributed by atoms with van der Waals surface area (Å²) >= 11 is 5.73. The molecule has 5 nitrogen and oxygen atoms in total. The summed E-state index contributed by atoms with van der Waals surface area (Å²) in [4.78, 5) is 0. The van der Waals surface area contributed by atoms with Gasteiger partial charge in [-0.3, -0.25) is 4.68 Å². The molecular weight excluding hydrogens is 262 g/mol. The van der Waals surface area contributed by atoms with Crippen LogP contribution in [0.15, 0.2) is 12.4 Å². The maximum absolute atomic E-state index is 11.0. The second kappa shape index (κ2) is 6.37. The molecule has 1 N–H and O–H groups in total. The summed E-state index contributed by atoms with van der Waals surface area (Å²) in [5.41, 5.74) is 0. The van der Waals surface area contributed by atoms with Gasteiger partial charge in [-0.25, -0.2) is 8.42 Å². The number of halogens is 1. The Morgan fingerprint density at radius 3 is 2.82 bits per heavy atom. The zero-order chi connectivity index (χ0) is 12.9. The predicted octanol–water partition coefficient (Wildman–Crippen LogP) is 0.949. The lowest BCUT2D eigenvalue weighted by Crippen LogP contribution is -2.33. The molecule has 0 fully saturated rings. The summed E-state index contributed by atoms with van der Waals surface area (Å²) in [6.45, 7) is 3.39. The van der Waals surface area contributed by atoms with E-state index in [0.29, 0.717) is 5.02 Å². The van der Waals surface area contributed by atoms with Gasteiger partial charge >= 0.3 is 0 Å². The summed E-state index contributed by atoms with van der Waals surface area (Å²) in [5.74, 6) is 0.167. The molecule has 1 unspecified atom stereocenters. The van der Waals surface area contributed by atoms with Crippen LogP contribution in [0.5, 0.6) is 0 Å². The minimum atomic E-state index is -2.91. The van der Waals surface area contributed by atoms with Crippen LogP contribution in [-0.2, 0) is 16.4 Å². The molecule has 0 amide bonds. The smallest absolute Gasteiger partial charge is 0.148 e. The minimum Gasteiger partial charge on any atom is -0.313 e. The van der Waals surface area contributed by atoms with Gasteiger partial charge in [-0.2, -0.15) is 5.10 Å². The molecule has 98 valence electrons. The number of aromatic nitrogens is 2. The van der Waals surface area contributed by atoms with Crippen molar-refractivity contribution in [1.29, 1.82) is 0 Å². The van der Waals surface area contributed by atoms with Crippen molar-refractivity contribution in [3.05, 3.63) is 17.4 Å². The van der Waals surface area contributed by atoms with E-state index in [1.807, 2.05) is 6.92 Å². The third kappa shape index (κ3) is 6.65. The molecular formula is C10H18ClN3O2S. The lowest BCUT2D eigenvalue weighted by molar-refractivity contribution is 0.509. The lowest BCUT2D eigenvalue weighted by Gasteiger charge is -2.12. The van der Waals surface area contributed by atoms with Gasteiger partial charge in [0.1, 0.15) is 9.84 Å². The van der Waals surface area contributed by atoms with Crippen molar-refractivity contribution in [2.24, 2.45) is 0 Å². The van der Waals surface area contributed by atoms with Crippen LogP contribution in [0.2, 0.25) is 5.02 Å². The normalized spacial score (nSPS) is 13.8. The number of sulfone groups is 1. The SMILES string of the molecule is CC(CS(C)(=O)=O)NCCCn1cc(Cl)cn1. The van der Waals surface area contributed by atoms with Crippen molar-refractivity contribution in [1.82, 2.24) is 15.1 Å². The van der Waals surface area contributed by atoms with E-state index in [4.69, 9.17) is 11.6 Å². The van der Waals surface area contributed by atoms with Crippen molar-refractivity contribution in [3.8, 4) is 0 Å². The van der Waals surface area contributed by atoms with Crippen LogP contribution < -0.4 is 5.32 Å². The standard InChI is InChI=1S/C10H18ClN3O2S/c1-9(8-17(2,15)16)12-4-3-5-14-7-10(11)6-13-14/h6-7,9,12H,3-5,8H2,1-2H3. The quantitative estimate of drug-likeness (QED) is 0.755. The summed E-state index contributed by atoms with van der Waals surface area (Å²) in [5, 5.41) is 7.84. The lowest BCUT2D eigenvalue weighted by atomic mass is 10.3. The monoisotopic (exact) mass is 279 g/mol. The Morgan fingerprint density at radius 2 is 2.29 bits per heavy atom. The molecule has 1 aromatic heterocycles. The summed E-state index contributed by atoms with van der Waals surface area (Å²) in [6, 6.07) is -0.0220. The van der Waals surface area contributed by atoms with Gasteiger partial charge in [0.25, 0.3) is 0 Å². The van der Waals surface area contributed by atoms with E-state index in [0.717, 1.165) is 19.5 Å². The fraction of sp³-hybridized carbons (Fsp3) is 0.700. The van der Waals surface area contributed by atoms with Crippen molar-refractivity contribution in [3.63, 3.8) is 0 Å². The van der Waals surface area contributed by atoms with E-state index in [-0.39, 0.29) is 11.8 Å². The van der Waals surface area contributed by atoms with Crippen molar-refractivity contribution < 1.29 is 8.42 Å². The molecule has 1 rings (SSSR count). The molecule has 17 heavy (non-hydrogen) atoms. The molecule has 7 heteroatoms. The summed E-state index contributed by atoms with van der Waals surface area (Å²) in [6.07, 6.45) is 5.49. The van der Waals surface area contributed by atoms with E-state index >= 15 is 0 Å². The number of hydrogen-bond donors (Lipinski definition) is 1. The Morgan fingerprint density at radius 1 is 1.59 bits per heavy atom. The molecule has 0 aliphatic rings. The molecule has 1 atom stereocenters. The number of nitrogens with zero attached hydrogens (tertiary/aromatic N) is 2. The second-order valence-electron chi connectivity index (χ2n) is 4.22. The minimum absolute atomic E-state index is 0.0220. The Labute approximate surface area is 107 Å². The van der Waals surface area contributed by atoms with Gasteiger partial charge in [0, 0.05) is 25.0 Å². The van der Waals surface area contributed by atoms with E-state index < -0.39 is 9.84 Å². The van der Waals surface area contributed by atoms with Crippen LogP contribution in [0.1, 0.15) is 13.3 Å². The Hall–Kier alpha value is -0.590. The molecule has 0 aliphatic heterocycles.